The van der Waals surface area contributed by atoms with Gasteiger partial charge in [-0.1, -0.05) is 16.8 Å². The Balaban J connectivity index is 1.98. The van der Waals surface area contributed by atoms with Crippen molar-refractivity contribution in [3.8, 4) is 5.75 Å². The average molecular weight is 269 g/mol. The molecule has 0 saturated carbocycles. The number of ether oxygens (including phenoxy) is 1. The fourth-order valence-electron chi connectivity index (χ4n) is 1.19. The van der Waals surface area contributed by atoms with E-state index in [0.29, 0.717) is 16.5 Å². The third kappa shape index (κ3) is 2.96. The van der Waals surface area contributed by atoms with Crippen LogP contribution in [-0.4, -0.2) is 16.0 Å². The molecule has 2 heterocycles. The Morgan fingerprint density at radius 2 is 2.33 bits per heavy atom. The van der Waals surface area contributed by atoms with Gasteiger partial charge in [0.05, 0.1) is 11.2 Å². The lowest BCUT2D eigenvalue weighted by Crippen LogP contribution is -2.30. The summed E-state index contributed by atoms with van der Waals surface area (Å²) in [7, 11) is 0. The van der Waals surface area contributed by atoms with Crippen LogP contribution in [0.4, 0.5) is 0 Å². The molecule has 0 bridgehead atoms. The summed E-state index contributed by atoms with van der Waals surface area (Å²) in [6, 6.07) is 3.04. The van der Waals surface area contributed by atoms with Crippen molar-refractivity contribution in [1.29, 1.82) is 0 Å². The maximum Gasteiger partial charge on any atom is 0.287 e. The molecule has 0 aliphatic carbocycles. The van der Waals surface area contributed by atoms with Crippen LogP contribution in [-0.2, 0) is 6.61 Å². The van der Waals surface area contributed by atoms with E-state index in [2.05, 4.69) is 10.1 Å². The number of aromatic nitrogens is 2. The van der Waals surface area contributed by atoms with Gasteiger partial charge in [-0.3, -0.25) is 15.2 Å². The number of pyridine rings is 1. The average Bonchev–Trinajstić information content (AvgIpc) is 2.84. The van der Waals surface area contributed by atoms with Crippen molar-refractivity contribution in [3.63, 3.8) is 0 Å². The summed E-state index contributed by atoms with van der Waals surface area (Å²) in [4.78, 5) is 15.0. The van der Waals surface area contributed by atoms with Gasteiger partial charge < -0.3 is 9.26 Å². The van der Waals surface area contributed by atoms with Crippen molar-refractivity contribution in [2.24, 2.45) is 5.84 Å². The van der Waals surface area contributed by atoms with Gasteiger partial charge >= 0.3 is 0 Å². The number of hydrogen-bond acceptors (Lipinski definition) is 6. The molecule has 2 aromatic rings. The van der Waals surface area contributed by atoms with Gasteiger partial charge in [0, 0.05) is 18.3 Å². The Kier molecular flexibility index (Phi) is 3.75. The maximum absolute atomic E-state index is 11.1. The second-order valence-electron chi connectivity index (χ2n) is 3.28. The second kappa shape index (κ2) is 5.48. The van der Waals surface area contributed by atoms with Gasteiger partial charge in [-0.15, -0.1) is 0 Å². The number of carbonyl (C=O) groups is 1. The molecule has 94 valence electrons. The van der Waals surface area contributed by atoms with E-state index in [0.717, 1.165) is 0 Å². The molecule has 2 rings (SSSR count). The van der Waals surface area contributed by atoms with Crippen LogP contribution in [0.25, 0.3) is 0 Å². The minimum atomic E-state index is -0.533. The lowest BCUT2D eigenvalue weighted by Gasteiger charge is -2.02. The molecular formula is C10H9ClN4O3. The first-order valence-electron chi connectivity index (χ1n) is 4.89. The van der Waals surface area contributed by atoms with Gasteiger partial charge in [-0.05, 0) is 0 Å². The smallest absolute Gasteiger partial charge is 0.287 e. The summed E-state index contributed by atoms with van der Waals surface area (Å²) in [5, 5.41) is 3.99. The number of amides is 1. The number of nitrogens with zero attached hydrogens (tertiary/aromatic N) is 2. The number of rotatable bonds is 4. The molecule has 0 radical (unpaired) electrons. The molecule has 0 atom stereocenters. The Bertz CT molecular complexity index is 558. The summed E-state index contributed by atoms with van der Waals surface area (Å²) in [5.41, 5.74) is 2.03. The van der Waals surface area contributed by atoms with Gasteiger partial charge in [-0.25, -0.2) is 5.84 Å². The zero-order valence-corrected chi connectivity index (χ0v) is 9.85. The fraction of sp³-hybridized carbons (Fsp3) is 0.100. The van der Waals surface area contributed by atoms with E-state index in [1.165, 1.54) is 18.5 Å². The van der Waals surface area contributed by atoms with Crippen LogP contribution >= 0.6 is 11.6 Å². The van der Waals surface area contributed by atoms with Gasteiger partial charge in [0.1, 0.15) is 12.4 Å². The molecule has 0 aliphatic rings. The van der Waals surface area contributed by atoms with Crippen molar-refractivity contribution in [2.75, 3.05) is 0 Å². The molecule has 3 N–H and O–H groups in total. The fourth-order valence-corrected chi connectivity index (χ4v) is 1.35. The molecule has 1 amide bonds. The van der Waals surface area contributed by atoms with Crippen molar-refractivity contribution >= 4 is 17.5 Å². The predicted octanol–water partition coefficient (Wildman–Crippen LogP) is 0.905. The van der Waals surface area contributed by atoms with Crippen LogP contribution < -0.4 is 16.0 Å². The molecule has 7 nitrogen and oxygen atoms in total. The van der Waals surface area contributed by atoms with Gasteiger partial charge in [0.15, 0.2) is 11.5 Å². The maximum atomic E-state index is 11.1. The van der Waals surface area contributed by atoms with Gasteiger partial charge in [0.2, 0.25) is 0 Å². The van der Waals surface area contributed by atoms with Crippen LogP contribution in [0, 0.1) is 0 Å². The number of halogens is 1. The first-order chi connectivity index (χ1) is 8.69. The lowest BCUT2D eigenvalue weighted by atomic mass is 10.3. The topological polar surface area (TPSA) is 103 Å². The number of nitrogens with one attached hydrogen (secondary N) is 1. The number of carbonyl (C=O) groups excluding carboxylic acids is 1. The van der Waals surface area contributed by atoms with Crippen LogP contribution in [0.5, 0.6) is 5.75 Å². The summed E-state index contributed by atoms with van der Waals surface area (Å²) < 4.78 is 10.3. The quantitative estimate of drug-likeness (QED) is 0.485. The molecule has 0 aliphatic heterocycles. The zero-order chi connectivity index (χ0) is 13.0. The first kappa shape index (κ1) is 12.3. The number of hydrazine groups is 1. The molecular weight excluding hydrogens is 260 g/mol. The van der Waals surface area contributed by atoms with E-state index in [4.69, 9.17) is 26.7 Å². The molecule has 0 aromatic carbocycles. The molecule has 0 spiro atoms. The second-order valence-corrected chi connectivity index (χ2v) is 3.72. The Morgan fingerprint density at radius 1 is 1.50 bits per heavy atom. The van der Waals surface area contributed by atoms with Crippen LogP contribution in [0.2, 0.25) is 5.02 Å². The molecule has 0 unspecified atom stereocenters. The van der Waals surface area contributed by atoms with Crippen molar-refractivity contribution < 1.29 is 14.1 Å². The number of nitrogens with two attached hydrogens (primary N) is 1. The molecule has 0 saturated heterocycles. The standard InChI is InChI=1S/C10H9ClN4O3/c11-6-1-7(4-13-3-6)17-5-8-2-9(15-18-8)10(16)14-12/h1-4H,5,12H2,(H,14,16). The van der Waals surface area contributed by atoms with Gasteiger partial charge in [-0.2, -0.15) is 0 Å². The summed E-state index contributed by atoms with van der Waals surface area (Å²) >= 11 is 5.75. The Hall–Kier alpha value is -2.12. The van der Waals surface area contributed by atoms with Crippen LogP contribution in [0.3, 0.4) is 0 Å². The minimum Gasteiger partial charge on any atom is -0.484 e. The Labute approximate surface area is 107 Å². The van der Waals surface area contributed by atoms with Crippen LogP contribution in [0.1, 0.15) is 16.2 Å². The highest BCUT2D eigenvalue weighted by molar-refractivity contribution is 6.30. The highest BCUT2D eigenvalue weighted by atomic mass is 35.5. The summed E-state index contributed by atoms with van der Waals surface area (Å²) in [5.74, 6) is 5.30. The minimum absolute atomic E-state index is 0.0836. The van der Waals surface area contributed by atoms with Crippen molar-refractivity contribution in [2.45, 2.75) is 6.61 Å². The van der Waals surface area contributed by atoms with E-state index < -0.39 is 5.91 Å². The molecule has 8 heteroatoms. The van der Waals surface area contributed by atoms with Crippen molar-refractivity contribution in [3.05, 3.63) is 41.0 Å². The lowest BCUT2D eigenvalue weighted by molar-refractivity contribution is 0.0944. The van der Waals surface area contributed by atoms with Crippen molar-refractivity contribution in [1.82, 2.24) is 15.6 Å². The third-order valence-electron chi connectivity index (χ3n) is 1.98. The first-order valence-corrected chi connectivity index (χ1v) is 5.26. The largest absolute Gasteiger partial charge is 0.484 e. The summed E-state index contributed by atoms with van der Waals surface area (Å²) in [6.07, 6.45) is 3.00. The molecule has 0 fully saturated rings. The highest BCUT2D eigenvalue weighted by Crippen LogP contribution is 2.16. The Morgan fingerprint density at radius 3 is 3.06 bits per heavy atom. The van der Waals surface area contributed by atoms with E-state index >= 15 is 0 Å². The monoisotopic (exact) mass is 268 g/mol. The number of nitrogen functional groups attached to an aromatic ring is 1. The van der Waals surface area contributed by atoms with E-state index in [9.17, 15) is 4.79 Å². The predicted molar refractivity (Wildman–Crippen MR) is 61.7 cm³/mol. The van der Waals surface area contributed by atoms with E-state index in [-0.39, 0.29) is 12.3 Å². The van der Waals surface area contributed by atoms with Crippen LogP contribution in [0.15, 0.2) is 29.0 Å². The molecule has 2 aromatic heterocycles. The summed E-state index contributed by atoms with van der Waals surface area (Å²) in [6.45, 7) is 0.104. The zero-order valence-electron chi connectivity index (χ0n) is 9.09. The molecule has 18 heavy (non-hydrogen) atoms. The SMILES string of the molecule is NNC(=O)c1cc(COc2cncc(Cl)c2)on1. The normalized spacial score (nSPS) is 10.1. The number of hydrogen-bond donors (Lipinski definition) is 2. The highest BCUT2D eigenvalue weighted by Gasteiger charge is 2.11. The van der Waals surface area contributed by atoms with Gasteiger partial charge in [0.25, 0.3) is 5.91 Å². The van der Waals surface area contributed by atoms with E-state index in [1.54, 1.807) is 6.07 Å². The third-order valence-corrected chi connectivity index (χ3v) is 2.19. The van der Waals surface area contributed by atoms with E-state index in [1.807, 2.05) is 5.43 Å².